The van der Waals surface area contributed by atoms with Crippen molar-refractivity contribution in [2.45, 2.75) is 18.4 Å². The van der Waals surface area contributed by atoms with Gasteiger partial charge in [-0.05, 0) is 24.3 Å². The smallest absolute Gasteiger partial charge is 0.225 e. The fourth-order valence-corrected chi connectivity index (χ4v) is 2.84. The Kier molecular flexibility index (Phi) is 7.04. The lowest BCUT2D eigenvalue weighted by atomic mass is 9.97. The number of rotatable bonds is 8. The van der Waals surface area contributed by atoms with Crippen molar-refractivity contribution in [3.05, 3.63) is 29.3 Å². The van der Waals surface area contributed by atoms with Gasteiger partial charge in [0.15, 0.2) is 0 Å². The van der Waals surface area contributed by atoms with Crippen LogP contribution in [-0.2, 0) is 19.1 Å². The summed E-state index contributed by atoms with van der Waals surface area (Å²) in [4.78, 5) is 25.4. The van der Waals surface area contributed by atoms with Crippen molar-refractivity contribution in [1.82, 2.24) is 4.90 Å². The number of halogens is 1. The van der Waals surface area contributed by atoms with Gasteiger partial charge < -0.3 is 24.8 Å². The van der Waals surface area contributed by atoms with Crippen molar-refractivity contribution in [3.63, 3.8) is 0 Å². The molecule has 1 aliphatic heterocycles. The van der Waals surface area contributed by atoms with E-state index in [1.54, 1.807) is 36.3 Å². The standard InChI is InChI=1S/C17H23ClN2O5/c1-23-8-6-16(22)20-7-9-25-17(11-20,10-15(19)21)12-24-14-4-2-13(18)3-5-14/h2-5H,6-12H2,1H3,(H2,19,21)/t17-/m0/s1. The van der Waals surface area contributed by atoms with Gasteiger partial charge >= 0.3 is 0 Å². The van der Waals surface area contributed by atoms with Crippen molar-refractivity contribution in [2.75, 3.05) is 40.0 Å². The molecule has 1 aromatic carbocycles. The molecule has 1 heterocycles. The van der Waals surface area contributed by atoms with Gasteiger partial charge in [-0.2, -0.15) is 0 Å². The fourth-order valence-electron chi connectivity index (χ4n) is 2.71. The molecule has 0 aromatic heterocycles. The second-order valence-electron chi connectivity index (χ2n) is 5.98. The molecule has 0 radical (unpaired) electrons. The predicted octanol–water partition coefficient (Wildman–Crippen LogP) is 1.23. The monoisotopic (exact) mass is 370 g/mol. The number of nitrogens with zero attached hydrogens (tertiary/aromatic N) is 1. The first-order valence-electron chi connectivity index (χ1n) is 8.01. The van der Waals surface area contributed by atoms with Gasteiger partial charge in [-0.1, -0.05) is 11.6 Å². The third-order valence-electron chi connectivity index (χ3n) is 3.93. The lowest BCUT2D eigenvalue weighted by molar-refractivity contribution is -0.162. The largest absolute Gasteiger partial charge is 0.490 e. The molecule has 7 nitrogen and oxygen atoms in total. The highest BCUT2D eigenvalue weighted by Crippen LogP contribution is 2.25. The molecule has 0 spiro atoms. The van der Waals surface area contributed by atoms with E-state index in [1.165, 1.54) is 0 Å². The molecule has 1 aliphatic rings. The Hall–Kier alpha value is -1.83. The van der Waals surface area contributed by atoms with Crippen LogP contribution < -0.4 is 10.5 Å². The van der Waals surface area contributed by atoms with Gasteiger partial charge in [-0.25, -0.2) is 0 Å². The summed E-state index contributed by atoms with van der Waals surface area (Å²) in [6.45, 7) is 1.47. The highest BCUT2D eigenvalue weighted by Gasteiger charge is 2.40. The summed E-state index contributed by atoms with van der Waals surface area (Å²) in [6.07, 6.45) is 0.246. The third-order valence-corrected chi connectivity index (χ3v) is 4.19. The van der Waals surface area contributed by atoms with Crippen molar-refractivity contribution in [1.29, 1.82) is 0 Å². The van der Waals surface area contributed by atoms with Crippen molar-refractivity contribution in [3.8, 4) is 5.75 Å². The van der Waals surface area contributed by atoms with Crippen LogP contribution in [0.5, 0.6) is 5.75 Å². The Bertz CT molecular complexity index is 595. The van der Waals surface area contributed by atoms with E-state index in [9.17, 15) is 9.59 Å². The van der Waals surface area contributed by atoms with Gasteiger partial charge in [0.2, 0.25) is 11.8 Å². The summed E-state index contributed by atoms with van der Waals surface area (Å²) < 4.78 is 16.5. The number of carbonyl (C=O) groups is 2. The number of ether oxygens (including phenoxy) is 3. The number of hydrogen-bond donors (Lipinski definition) is 1. The number of benzene rings is 1. The van der Waals surface area contributed by atoms with E-state index < -0.39 is 11.5 Å². The van der Waals surface area contributed by atoms with E-state index in [0.717, 1.165) is 0 Å². The molecule has 2 rings (SSSR count). The summed E-state index contributed by atoms with van der Waals surface area (Å²) in [7, 11) is 1.55. The van der Waals surface area contributed by atoms with E-state index >= 15 is 0 Å². The van der Waals surface area contributed by atoms with E-state index in [1.807, 2.05) is 0 Å². The Morgan fingerprint density at radius 3 is 2.72 bits per heavy atom. The molecular weight excluding hydrogens is 348 g/mol. The number of amides is 2. The SMILES string of the molecule is COCCC(=O)N1CCO[C@@](COc2ccc(Cl)cc2)(CC(N)=O)C1. The minimum absolute atomic E-state index is 0.0331. The molecule has 8 heteroatoms. The van der Waals surface area contributed by atoms with Gasteiger partial charge in [-0.15, -0.1) is 0 Å². The molecule has 0 aliphatic carbocycles. The zero-order valence-electron chi connectivity index (χ0n) is 14.2. The third kappa shape index (κ3) is 5.88. The number of primary amides is 1. The molecular formula is C17H23ClN2O5. The Labute approximate surface area is 152 Å². The van der Waals surface area contributed by atoms with Crippen LogP contribution in [0, 0.1) is 0 Å². The topological polar surface area (TPSA) is 91.1 Å². The second kappa shape index (κ2) is 9.03. The molecule has 0 bridgehead atoms. The van der Waals surface area contributed by atoms with E-state index in [2.05, 4.69) is 0 Å². The molecule has 0 saturated carbocycles. The zero-order valence-corrected chi connectivity index (χ0v) is 15.0. The van der Waals surface area contributed by atoms with Gasteiger partial charge in [0, 0.05) is 18.7 Å². The molecule has 1 atom stereocenters. The van der Waals surface area contributed by atoms with Crippen LogP contribution in [-0.4, -0.2) is 62.3 Å². The van der Waals surface area contributed by atoms with Crippen LogP contribution in [0.25, 0.3) is 0 Å². The maximum absolute atomic E-state index is 12.3. The normalized spacial score (nSPS) is 20.3. The minimum Gasteiger partial charge on any atom is -0.490 e. The predicted molar refractivity (Wildman–Crippen MR) is 92.5 cm³/mol. The van der Waals surface area contributed by atoms with Gasteiger partial charge in [0.05, 0.1) is 32.6 Å². The lowest BCUT2D eigenvalue weighted by Crippen LogP contribution is -2.58. The number of morpholine rings is 1. The number of methoxy groups -OCH3 is 1. The quantitative estimate of drug-likeness (QED) is 0.743. The Morgan fingerprint density at radius 1 is 1.36 bits per heavy atom. The van der Waals surface area contributed by atoms with E-state index in [4.69, 9.17) is 31.5 Å². The summed E-state index contributed by atoms with van der Waals surface area (Å²) in [5.41, 5.74) is 4.42. The highest BCUT2D eigenvalue weighted by molar-refractivity contribution is 6.30. The minimum atomic E-state index is -0.966. The molecule has 0 unspecified atom stereocenters. The van der Waals surface area contributed by atoms with Crippen LogP contribution in [0.3, 0.4) is 0 Å². The lowest BCUT2D eigenvalue weighted by Gasteiger charge is -2.42. The summed E-state index contributed by atoms with van der Waals surface area (Å²) in [6, 6.07) is 6.87. The molecule has 25 heavy (non-hydrogen) atoms. The van der Waals surface area contributed by atoms with Crippen LogP contribution >= 0.6 is 11.6 Å². The summed E-state index contributed by atoms with van der Waals surface area (Å²) >= 11 is 5.86. The van der Waals surface area contributed by atoms with Gasteiger partial charge in [0.1, 0.15) is 18.0 Å². The number of hydrogen-bond acceptors (Lipinski definition) is 5. The molecule has 1 saturated heterocycles. The Balaban J connectivity index is 2.06. The molecule has 2 N–H and O–H groups in total. The van der Waals surface area contributed by atoms with E-state index in [0.29, 0.717) is 30.5 Å². The van der Waals surface area contributed by atoms with Crippen LogP contribution in [0.1, 0.15) is 12.8 Å². The van der Waals surface area contributed by atoms with Crippen LogP contribution in [0.2, 0.25) is 5.02 Å². The van der Waals surface area contributed by atoms with Crippen molar-refractivity contribution < 1.29 is 23.8 Å². The molecule has 2 amide bonds. The fraction of sp³-hybridized carbons (Fsp3) is 0.529. The molecule has 1 aromatic rings. The molecule has 138 valence electrons. The van der Waals surface area contributed by atoms with Gasteiger partial charge in [0.25, 0.3) is 0 Å². The van der Waals surface area contributed by atoms with Gasteiger partial charge in [-0.3, -0.25) is 9.59 Å². The maximum atomic E-state index is 12.3. The first-order chi connectivity index (χ1) is 11.9. The summed E-state index contributed by atoms with van der Waals surface area (Å²) in [5.74, 6) is 0.0380. The first-order valence-corrected chi connectivity index (χ1v) is 8.39. The first kappa shape index (κ1) is 19.5. The van der Waals surface area contributed by atoms with Crippen LogP contribution in [0.4, 0.5) is 0 Å². The Morgan fingerprint density at radius 2 is 2.08 bits per heavy atom. The van der Waals surface area contributed by atoms with Crippen molar-refractivity contribution >= 4 is 23.4 Å². The van der Waals surface area contributed by atoms with Crippen molar-refractivity contribution in [2.24, 2.45) is 5.73 Å². The second-order valence-corrected chi connectivity index (χ2v) is 6.41. The molecule has 1 fully saturated rings. The average Bonchev–Trinajstić information content (AvgIpc) is 2.59. The summed E-state index contributed by atoms with van der Waals surface area (Å²) in [5, 5.41) is 0.600. The zero-order chi connectivity index (χ0) is 18.3. The average molecular weight is 371 g/mol. The highest BCUT2D eigenvalue weighted by atomic mass is 35.5. The van der Waals surface area contributed by atoms with Crippen LogP contribution in [0.15, 0.2) is 24.3 Å². The van der Waals surface area contributed by atoms with E-state index in [-0.39, 0.29) is 31.9 Å². The number of carbonyl (C=O) groups excluding carboxylic acids is 2. The maximum Gasteiger partial charge on any atom is 0.225 e. The number of nitrogens with two attached hydrogens (primary N) is 1.